The van der Waals surface area contributed by atoms with Gasteiger partial charge in [0.15, 0.2) is 0 Å². The monoisotopic (exact) mass is 346 g/mol. The second kappa shape index (κ2) is 8.21. The Balaban J connectivity index is 1.76. The third-order valence-corrected chi connectivity index (χ3v) is 4.06. The van der Waals surface area contributed by atoms with Crippen LogP contribution in [0.3, 0.4) is 0 Å². The molecule has 0 aliphatic heterocycles. The molecule has 0 saturated heterocycles. The Labute approximate surface area is 153 Å². The van der Waals surface area contributed by atoms with Gasteiger partial charge in [-0.1, -0.05) is 48.0 Å². The van der Waals surface area contributed by atoms with Gasteiger partial charge in [0, 0.05) is 17.8 Å². The number of ether oxygens (including phenoxy) is 1. The van der Waals surface area contributed by atoms with Crippen LogP contribution in [0.5, 0.6) is 5.75 Å². The fourth-order valence-electron chi connectivity index (χ4n) is 2.73. The fraction of sp³-hybridized carbons (Fsp3) is 0.136. The second-order valence-electron chi connectivity index (χ2n) is 6.08. The average Bonchev–Trinajstić information content (AvgIpc) is 2.67. The van der Waals surface area contributed by atoms with E-state index >= 15 is 0 Å². The molecule has 26 heavy (non-hydrogen) atoms. The van der Waals surface area contributed by atoms with Gasteiger partial charge in [0.2, 0.25) is 0 Å². The molecule has 4 nitrogen and oxygen atoms in total. The molecule has 0 atom stereocenters. The molecule has 0 radical (unpaired) electrons. The molecular formula is C22H22N2O2. The van der Waals surface area contributed by atoms with Crippen LogP contribution in [0.2, 0.25) is 0 Å². The summed E-state index contributed by atoms with van der Waals surface area (Å²) in [4.78, 5) is 12.5. The maximum absolute atomic E-state index is 12.5. The largest absolute Gasteiger partial charge is 0.495 e. The van der Waals surface area contributed by atoms with Crippen molar-refractivity contribution in [3.8, 4) is 5.75 Å². The van der Waals surface area contributed by atoms with Gasteiger partial charge >= 0.3 is 0 Å². The number of rotatable bonds is 6. The molecule has 0 aliphatic carbocycles. The lowest BCUT2D eigenvalue weighted by Crippen LogP contribution is -2.12. The van der Waals surface area contributed by atoms with Gasteiger partial charge in [0.05, 0.1) is 12.8 Å². The Hall–Kier alpha value is -3.27. The third kappa shape index (κ3) is 4.42. The number of hydrogen-bond donors (Lipinski definition) is 2. The lowest BCUT2D eigenvalue weighted by atomic mass is 10.1. The Kier molecular flexibility index (Phi) is 5.54. The van der Waals surface area contributed by atoms with Crippen LogP contribution in [0.15, 0.2) is 72.8 Å². The maximum atomic E-state index is 12.5. The summed E-state index contributed by atoms with van der Waals surface area (Å²) in [6, 6.07) is 23.1. The Bertz CT molecular complexity index is 892. The van der Waals surface area contributed by atoms with Crippen LogP contribution in [-0.4, -0.2) is 13.0 Å². The first kappa shape index (κ1) is 17.5. The topological polar surface area (TPSA) is 50.4 Å². The average molecular weight is 346 g/mol. The fourth-order valence-corrected chi connectivity index (χ4v) is 2.73. The molecule has 132 valence electrons. The number of amides is 1. The molecular weight excluding hydrogens is 324 g/mol. The molecule has 3 aromatic carbocycles. The minimum atomic E-state index is -0.155. The van der Waals surface area contributed by atoms with Crippen LogP contribution in [-0.2, 0) is 6.54 Å². The summed E-state index contributed by atoms with van der Waals surface area (Å²) in [5.41, 5.74) is 4.51. The van der Waals surface area contributed by atoms with Crippen LogP contribution in [0, 0.1) is 6.92 Å². The van der Waals surface area contributed by atoms with Crippen molar-refractivity contribution in [2.75, 3.05) is 17.7 Å². The quantitative estimate of drug-likeness (QED) is 0.669. The maximum Gasteiger partial charge on any atom is 0.255 e. The molecule has 0 fully saturated rings. The van der Waals surface area contributed by atoms with Crippen molar-refractivity contribution in [1.29, 1.82) is 0 Å². The number of hydrogen-bond acceptors (Lipinski definition) is 3. The summed E-state index contributed by atoms with van der Waals surface area (Å²) in [5.74, 6) is 0.548. The van der Waals surface area contributed by atoms with E-state index in [1.165, 1.54) is 11.1 Å². The number of benzene rings is 3. The summed E-state index contributed by atoms with van der Waals surface area (Å²) in [7, 11) is 1.62. The predicted molar refractivity (Wildman–Crippen MR) is 106 cm³/mol. The number of carbonyl (C=O) groups is 1. The number of methoxy groups -OCH3 is 1. The third-order valence-electron chi connectivity index (χ3n) is 4.06. The normalized spacial score (nSPS) is 10.2. The molecule has 3 aromatic rings. The molecule has 0 spiro atoms. The van der Waals surface area contributed by atoms with Gasteiger partial charge in [-0.25, -0.2) is 0 Å². The van der Waals surface area contributed by atoms with E-state index in [9.17, 15) is 4.79 Å². The first-order valence-corrected chi connectivity index (χ1v) is 8.49. The Morgan fingerprint density at radius 3 is 2.50 bits per heavy atom. The molecule has 4 heteroatoms. The molecule has 0 saturated carbocycles. The minimum Gasteiger partial charge on any atom is -0.495 e. The summed E-state index contributed by atoms with van der Waals surface area (Å²) >= 11 is 0. The highest BCUT2D eigenvalue weighted by atomic mass is 16.5. The van der Waals surface area contributed by atoms with Gasteiger partial charge < -0.3 is 15.4 Å². The van der Waals surface area contributed by atoms with Crippen LogP contribution in [0.25, 0.3) is 0 Å². The van der Waals surface area contributed by atoms with Gasteiger partial charge in [-0.15, -0.1) is 0 Å². The zero-order valence-electron chi connectivity index (χ0n) is 15.0. The van der Waals surface area contributed by atoms with Crippen molar-refractivity contribution in [1.82, 2.24) is 0 Å². The Morgan fingerprint density at radius 2 is 1.77 bits per heavy atom. The van der Waals surface area contributed by atoms with Crippen molar-refractivity contribution in [2.24, 2.45) is 0 Å². The summed E-state index contributed by atoms with van der Waals surface area (Å²) in [6.07, 6.45) is 0. The number of aryl methyl sites for hydroxylation is 1. The predicted octanol–water partition coefficient (Wildman–Crippen LogP) is 4.87. The van der Waals surface area contributed by atoms with Crippen LogP contribution in [0.1, 0.15) is 21.5 Å². The van der Waals surface area contributed by atoms with Crippen LogP contribution >= 0.6 is 0 Å². The first-order chi connectivity index (χ1) is 12.7. The standard InChI is InChI=1S/C22H22N2O2/c1-16-7-6-8-17(13-16)15-23-20-14-18(11-12-21(20)26-2)22(25)24-19-9-4-3-5-10-19/h3-14,23H,15H2,1-2H3,(H,24,25). The van der Waals surface area contributed by atoms with Crippen molar-refractivity contribution >= 4 is 17.3 Å². The van der Waals surface area contributed by atoms with Crippen molar-refractivity contribution in [3.05, 3.63) is 89.5 Å². The zero-order valence-corrected chi connectivity index (χ0v) is 15.0. The van der Waals surface area contributed by atoms with Gasteiger partial charge in [-0.2, -0.15) is 0 Å². The van der Waals surface area contributed by atoms with Gasteiger partial charge in [0.25, 0.3) is 5.91 Å². The summed E-state index contributed by atoms with van der Waals surface area (Å²) in [6.45, 7) is 2.72. The van der Waals surface area contributed by atoms with E-state index in [-0.39, 0.29) is 5.91 Å². The van der Waals surface area contributed by atoms with Gasteiger partial charge in [-0.05, 0) is 42.8 Å². The van der Waals surface area contributed by atoms with Crippen molar-refractivity contribution < 1.29 is 9.53 Å². The van der Waals surface area contributed by atoms with E-state index in [4.69, 9.17) is 4.74 Å². The van der Waals surface area contributed by atoms with E-state index in [0.717, 1.165) is 11.4 Å². The Morgan fingerprint density at radius 1 is 0.962 bits per heavy atom. The SMILES string of the molecule is COc1ccc(C(=O)Nc2ccccc2)cc1NCc1cccc(C)c1. The van der Waals surface area contributed by atoms with Gasteiger partial charge in [0.1, 0.15) is 5.75 Å². The van der Waals surface area contributed by atoms with Gasteiger partial charge in [-0.3, -0.25) is 4.79 Å². The number of nitrogens with one attached hydrogen (secondary N) is 2. The number of para-hydroxylation sites is 1. The first-order valence-electron chi connectivity index (χ1n) is 8.49. The van der Waals surface area contributed by atoms with E-state index < -0.39 is 0 Å². The smallest absolute Gasteiger partial charge is 0.255 e. The highest BCUT2D eigenvalue weighted by Gasteiger charge is 2.10. The van der Waals surface area contributed by atoms with Crippen LogP contribution in [0.4, 0.5) is 11.4 Å². The lowest BCUT2D eigenvalue weighted by Gasteiger charge is -2.13. The highest BCUT2D eigenvalue weighted by molar-refractivity contribution is 6.05. The highest BCUT2D eigenvalue weighted by Crippen LogP contribution is 2.26. The minimum absolute atomic E-state index is 0.155. The summed E-state index contributed by atoms with van der Waals surface area (Å²) in [5, 5.41) is 6.26. The zero-order chi connectivity index (χ0) is 18.4. The second-order valence-corrected chi connectivity index (χ2v) is 6.08. The number of carbonyl (C=O) groups excluding carboxylic acids is 1. The van der Waals surface area contributed by atoms with Crippen molar-refractivity contribution in [3.63, 3.8) is 0 Å². The van der Waals surface area contributed by atoms with E-state index in [2.05, 4.69) is 35.8 Å². The van der Waals surface area contributed by atoms with E-state index in [1.54, 1.807) is 19.2 Å². The molecule has 1 amide bonds. The molecule has 0 aromatic heterocycles. The molecule has 0 heterocycles. The molecule has 0 bridgehead atoms. The molecule has 0 aliphatic rings. The van der Waals surface area contributed by atoms with E-state index in [0.29, 0.717) is 17.9 Å². The lowest BCUT2D eigenvalue weighted by molar-refractivity contribution is 0.102. The van der Waals surface area contributed by atoms with Crippen LogP contribution < -0.4 is 15.4 Å². The van der Waals surface area contributed by atoms with E-state index in [1.807, 2.05) is 42.5 Å². The number of anilines is 2. The van der Waals surface area contributed by atoms with Crippen molar-refractivity contribution in [2.45, 2.75) is 13.5 Å². The molecule has 0 unspecified atom stereocenters. The molecule has 3 rings (SSSR count). The molecule has 2 N–H and O–H groups in total. The summed E-state index contributed by atoms with van der Waals surface area (Å²) < 4.78 is 5.42.